The van der Waals surface area contributed by atoms with E-state index in [0.29, 0.717) is 0 Å². The van der Waals surface area contributed by atoms with Gasteiger partial charge < -0.3 is 5.73 Å². The van der Waals surface area contributed by atoms with E-state index in [9.17, 15) is 12.8 Å². The van der Waals surface area contributed by atoms with E-state index in [0.717, 1.165) is 11.6 Å². The van der Waals surface area contributed by atoms with E-state index in [1.54, 1.807) is 0 Å². The number of thiophene rings is 1. The lowest BCUT2D eigenvalue weighted by atomic mass is 10.3. The van der Waals surface area contributed by atoms with Crippen molar-refractivity contribution < 1.29 is 12.8 Å². The van der Waals surface area contributed by atoms with Crippen LogP contribution in [0.5, 0.6) is 0 Å². The molecule has 7 heteroatoms. The number of hydrogen-bond acceptors (Lipinski definition) is 4. The van der Waals surface area contributed by atoms with Gasteiger partial charge in [0.1, 0.15) is 5.82 Å². The van der Waals surface area contributed by atoms with Gasteiger partial charge in [-0.05, 0) is 40.6 Å². The number of rotatable bonds is 4. The third-order valence-corrected chi connectivity index (χ3v) is 5.20. The molecule has 0 unspecified atom stereocenters. The molecule has 102 valence electrons. The summed E-state index contributed by atoms with van der Waals surface area (Å²) in [6.07, 6.45) is 0. The van der Waals surface area contributed by atoms with Crippen molar-refractivity contribution in [3.63, 3.8) is 0 Å². The van der Waals surface area contributed by atoms with Crippen LogP contribution in [0, 0.1) is 5.82 Å². The molecule has 4 nitrogen and oxygen atoms in total. The third kappa shape index (κ3) is 2.94. The van der Waals surface area contributed by atoms with Crippen LogP contribution in [0.3, 0.4) is 0 Å². The first-order valence-electron chi connectivity index (χ1n) is 5.43. The van der Waals surface area contributed by atoms with E-state index in [1.165, 1.54) is 34.8 Å². The molecule has 2 aromatic rings. The van der Waals surface area contributed by atoms with Crippen molar-refractivity contribution in [1.82, 2.24) is 4.31 Å². The smallest absolute Gasteiger partial charge is 0.243 e. The summed E-state index contributed by atoms with van der Waals surface area (Å²) in [6.45, 7) is 0.248. The van der Waals surface area contributed by atoms with Gasteiger partial charge in [-0.3, -0.25) is 0 Å². The van der Waals surface area contributed by atoms with Gasteiger partial charge in [0.2, 0.25) is 10.0 Å². The van der Waals surface area contributed by atoms with E-state index in [2.05, 4.69) is 0 Å². The highest BCUT2D eigenvalue weighted by molar-refractivity contribution is 7.89. The van der Waals surface area contributed by atoms with Crippen molar-refractivity contribution in [2.24, 2.45) is 0 Å². The lowest BCUT2D eigenvalue weighted by Crippen LogP contribution is -2.26. The van der Waals surface area contributed by atoms with Gasteiger partial charge in [0.25, 0.3) is 0 Å². The average molecular weight is 300 g/mol. The van der Waals surface area contributed by atoms with E-state index in [1.807, 2.05) is 16.8 Å². The largest absolute Gasteiger partial charge is 0.396 e. The molecule has 0 aliphatic heterocycles. The fraction of sp³-hybridized carbons (Fsp3) is 0.167. The molecule has 0 radical (unpaired) electrons. The quantitative estimate of drug-likeness (QED) is 0.881. The molecule has 1 aromatic carbocycles. The highest BCUT2D eigenvalue weighted by Crippen LogP contribution is 2.21. The Morgan fingerprint density at radius 1 is 1.37 bits per heavy atom. The Balaban J connectivity index is 2.28. The summed E-state index contributed by atoms with van der Waals surface area (Å²) in [6, 6.07) is 5.34. The van der Waals surface area contributed by atoms with E-state index < -0.39 is 15.8 Å². The van der Waals surface area contributed by atoms with Gasteiger partial charge in [0, 0.05) is 13.6 Å². The SMILES string of the molecule is CN(Cc1ccsc1)S(=O)(=O)c1ccc(N)c(F)c1. The molecule has 2 rings (SSSR count). The van der Waals surface area contributed by atoms with Crippen molar-refractivity contribution in [1.29, 1.82) is 0 Å². The Labute approximate surface area is 115 Å². The van der Waals surface area contributed by atoms with Gasteiger partial charge in [-0.1, -0.05) is 0 Å². The fourth-order valence-corrected chi connectivity index (χ4v) is 3.40. The van der Waals surface area contributed by atoms with Gasteiger partial charge in [0.15, 0.2) is 0 Å². The van der Waals surface area contributed by atoms with Gasteiger partial charge >= 0.3 is 0 Å². The summed E-state index contributed by atoms with van der Waals surface area (Å²) >= 11 is 1.49. The topological polar surface area (TPSA) is 63.4 Å². The van der Waals surface area contributed by atoms with Crippen LogP contribution in [0.15, 0.2) is 39.9 Å². The minimum Gasteiger partial charge on any atom is -0.396 e. The van der Waals surface area contributed by atoms with E-state index in [4.69, 9.17) is 5.73 Å². The van der Waals surface area contributed by atoms with Crippen LogP contribution in [-0.4, -0.2) is 19.8 Å². The molecule has 0 atom stereocenters. The Kier molecular flexibility index (Phi) is 3.88. The van der Waals surface area contributed by atoms with Gasteiger partial charge in [-0.15, -0.1) is 0 Å². The van der Waals surface area contributed by atoms with Crippen molar-refractivity contribution in [2.75, 3.05) is 12.8 Å². The Bertz CT molecular complexity index is 669. The zero-order valence-electron chi connectivity index (χ0n) is 10.2. The van der Waals surface area contributed by atoms with Crippen LogP contribution >= 0.6 is 11.3 Å². The normalized spacial score (nSPS) is 11.9. The highest BCUT2D eigenvalue weighted by Gasteiger charge is 2.22. The molecule has 0 spiro atoms. The molecule has 0 saturated heterocycles. The third-order valence-electron chi connectivity index (χ3n) is 2.67. The molecule has 0 bridgehead atoms. The van der Waals surface area contributed by atoms with Crippen molar-refractivity contribution >= 4 is 27.0 Å². The Hall–Kier alpha value is -1.44. The number of nitrogens with zero attached hydrogens (tertiary/aromatic N) is 1. The van der Waals surface area contributed by atoms with Crippen LogP contribution in [-0.2, 0) is 16.6 Å². The Morgan fingerprint density at radius 2 is 2.11 bits per heavy atom. The second kappa shape index (κ2) is 5.28. The molecule has 0 aliphatic carbocycles. The van der Waals surface area contributed by atoms with E-state index in [-0.39, 0.29) is 17.1 Å². The predicted molar refractivity (Wildman–Crippen MR) is 73.8 cm³/mol. The lowest BCUT2D eigenvalue weighted by molar-refractivity contribution is 0.466. The van der Waals surface area contributed by atoms with Crippen molar-refractivity contribution in [3.8, 4) is 0 Å². The summed E-state index contributed by atoms with van der Waals surface area (Å²) in [4.78, 5) is -0.100. The predicted octanol–water partition coefficient (Wildman–Crippen LogP) is 2.29. The minimum absolute atomic E-state index is 0.0700. The van der Waals surface area contributed by atoms with Crippen molar-refractivity contribution in [2.45, 2.75) is 11.4 Å². The first-order chi connectivity index (χ1) is 8.91. The maximum Gasteiger partial charge on any atom is 0.243 e. The van der Waals surface area contributed by atoms with Crippen LogP contribution in [0.25, 0.3) is 0 Å². The molecule has 0 saturated carbocycles. The monoisotopic (exact) mass is 300 g/mol. The van der Waals surface area contributed by atoms with Crippen LogP contribution < -0.4 is 5.73 Å². The molecule has 1 heterocycles. The summed E-state index contributed by atoms with van der Waals surface area (Å²) in [5, 5.41) is 3.74. The molecule has 0 fully saturated rings. The number of nitrogens with two attached hydrogens (primary N) is 1. The first-order valence-corrected chi connectivity index (χ1v) is 7.82. The number of halogens is 1. The highest BCUT2D eigenvalue weighted by atomic mass is 32.2. The van der Waals surface area contributed by atoms with E-state index >= 15 is 0 Å². The second-order valence-electron chi connectivity index (χ2n) is 4.08. The number of nitrogen functional groups attached to an aromatic ring is 1. The number of anilines is 1. The van der Waals surface area contributed by atoms with Gasteiger partial charge in [-0.25, -0.2) is 12.8 Å². The number of hydrogen-bond donors (Lipinski definition) is 1. The minimum atomic E-state index is -3.71. The number of sulfonamides is 1. The van der Waals surface area contributed by atoms with Gasteiger partial charge in [-0.2, -0.15) is 15.6 Å². The van der Waals surface area contributed by atoms with Crippen LogP contribution in [0.2, 0.25) is 0 Å². The first kappa shape index (κ1) is 14.0. The zero-order valence-corrected chi connectivity index (χ0v) is 11.8. The lowest BCUT2D eigenvalue weighted by Gasteiger charge is -2.16. The van der Waals surface area contributed by atoms with Gasteiger partial charge in [0.05, 0.1) is 10.6 Å². The zero-order chi connectivity index (χ0) is 14.0. The second-order valence-corrected chi connectivity index (χ2v) is 6.90. The summed E-state index contributed by atoms with van der Waals surface area (Å²) in [5.74, 6) is -0.731. The standard InChI is InChI=1S/C12H13FN2O2S2/c1-15(7-9-4-5-18-8-9)19(16,17)10-2-3-12(14)11(13)6-10/h2-6,8H,7,14H2,1H3. The maximum atomic E-state index is 13.3. The van der Waals surface area contributed by atoms with Crippen LogP contribution in [0.1, 0.15) is 5.56 Å². The Morgan fingerprint density at radius 3 is 2.68 bits per heavy atom. The number of benzene rings is 1. The maximum absolute atomic E-state index is 13.3. The summed E-state index contributed by atoms with van der Waals surface area (Å²) in [5.41, 5.74) is 6.16. The molecule has 0 aliphatic rings. The molecule has 2 N–H and O–H groups in total. The average Bonchev–Trinajstić information content (AvgIpc) is 2.85. The fourth-order valence-electron chi connectivity index (χ4n) is 1.57. The molecular formula is C12H13FN2O2S2. The molecular weight excluding hydrogens is 287 g/mol. The van der Waals surface area contributed by atoms with Crippen molar-refractivity contribution in [3.05, 3.63) is 46.4 Å². The molecule has 1 aromatic heterocycles. The molecule has 0 amide bonds. The van der Waals surface area contributed by atoms with Crippen LogP contribution in [0.4, 0.5) is 10.1 Å². The molecule has 19 heavy (non-hydrogen) atoms. The summed E-state index contributed by atoms with van der Waals surface area (Å²) in [7, 11) is -2.25. The summed E-state index contributed by atoms with van der Waals surface area (Å²) < 4.78 is 39.0.